The minimum absolute atomic E-state index is 0.240. The lowest BCUT2D eigenvalue weighted by atomic mass is 10.2. The minimum Gasteiger partial charge on any atom is -0.508 e. The van der Waals surface area contributed by atoms with Gasteiger partial charge in [0.05, 0.1) is 6.61 Å². The molecule has 0 aliphatic carbocycles. The zero-order valence-corrected chi connectivity index (χ0v) is 5.79. The number of aromatic hydroxyl groups is 1. The molecule has 0 unspecified atom stereocenters. The third kappa shape index (κ3) is 1.48. The molecule has 0 spiro atoms. The summed E-state index contributed by atoms with van der Waals surface area (Å²) in [5.41, 5.74) is 0.793. The van der Waals surface area contributed by atoms with E-state index in [2.05, 4.69) is 6.07 Å². The van der Waals surface area contributed by atoms with E-state index < -0.39 is 0 Å². The Labute approximate surface area is 60.1 Å². The highest BCUT2D eigenvalue weighted by Crippen LogP contribution is 2.15. The molecule has 0 saturated heterocycles. The van der Waals surface area contributed by atoms with E-state index in [0.717, 1.165) is 5.56 Å². The van der Waals surface area contributed by atoms with Crippen LogP contribution in [0.25, 0.3) is 0 Å². The molecule has 1 radical (unpaired) electrons. The molecule has 1 rings (SSSR count). The van der Waals surface area contributed by atoms with Crippen molar-refractivity contribution in [2.24, 2.45) is 0 Å². The summed E-state index contributed by atoms with van der Waals surface area (Å²) in [6.07, 6.45) is 0. The van der Waals surface area contributed by atoms with E-state index in [1.54, 1.807) is 19.2 Å². The highest BCUT2D eigenvalue weighted by Gasteiger charge is 1.95. The molecule has 0 aliphatic heterocycles. The van der Waals surface area contributed by atoms with Crippen molar-refractivity contribution in [3.8, 4) is 5.75 Å². The second kappa shape index (κ2) is 3.22. The van der Waals surface area contributed by atoms with Crippen LogP contribution < -0.4 is 0 Å². The summed E-state index contributed by atoms with van der Waals surface area (Å²) in [5.74, 6) is 0.240. The Balaban J connectivity index is 2.81. The van der Waals surface area contributed by atoms with Gasteiger partial charge in [-0.25, -0.2) is 0 Å². The van der Waals surface area contributed by atoms with Gasteiger partial charge in [-0.05, 0) is 12.1 Å². The Kier molecular flexibility index (Phi) is 2.29. The first-order valence-corrected chi connectivity index (χ1v) is 3.01. The van der Waals surface area contributed by atoms with Crippen LogP contribution in [-0.4, -0.2) is 12.2 Å². The zero-order chi connectivity index (χ0) is 7.40. The molecule has 1 aromatic rings. The average Bonchev–Trinajstić information content (AvgIpc) is 1.94. The smallest absolute Gasteiger partial charge is 0.121 e. The van der Waals surface area contributed by atoms with Crippen molar-refractivity contribution in [2.75, 3.05) is 7.11 Å². The average molecular weight is 137 g/mol. The molecular weight excluding hydrogens is 128 g/mol. The molecular formula is C8H9O2. The quantitative estimate of drug-likeness (QED) is 0.666. The summed E-state index contributed by atoms with van der Waals surface area (Å²) in [4.78, 5) is 0. The van der Waals surface area contributed by atoms with Gasteiger partial charge in [-0.1, -0.05) is 12.1 Å². The van der Waals surface area contributed by atoms with Crippen LogP contribution in [0.15, 0.2) is 18.2 Å². The first-order chi connectivity index (χ1) is 4.84. The van der Waals surface area contributed by atoms with E-state index in [4.69, 9.17) is 9.84 Å². The molecule has 0 aromatic heterocycles. The molecule has 1 aromatic carbocycles. The Morgan fingerprint density at radius 3 is 3.10 bits per heavy atom. The highest BCUT2D eigenvalue weighted by molar-refractivity contribution is 5.30. The summed E-state index contributed by atoms with van der Waals surface area (Å²) in [6.45, 7) is 0.445. The molecule has 0 heterocycles. The molecule has 0 fully saturated rings. The molecule has 10 heavy (non-hydrogen) atoms. The molecule has 0 bridgehead atoms. The third-order valence-electron chi connectivity index (χ3n) is 1.23. The first kappa shape index (κ1) is 7.09. The predicted molar refractivity (Wildman–Crippen MR) is 37.7 cm³/mol. The zero-order valence-electron chi connectivity index (χ0n) is 5.79. The number of benzene rings is 1. The van der Waals surface area contributed by atoms with Crippen LogP contribution >= 0.6 is 0 Å². The van der Waals surface area contributed by atoms with Gasteiger partial charge in [0.2, 0.25) is 0 Å². The van der Waals surface area contributed by atoms with Gasteiger partial charge < -0.3 is 9.84 Å². The van der Waals surface area contributed by atoms with E-state index >= 15 is 0 Å². The Morgan fingerprint density at radius 1 is 1.70 bits per heavy atom. The van der Waals surface area contributed by atoms with E-state index in [0.29, 0.717) is 6.61 Å². The fourth-order valence-corrected chi connectivity index (χ4v) is 0.731. The van der Waals surface area contributed by atoms with E-state index in [9.17, 15) is 0 Å². The number of phenolic OH excluding ortho intramolecular Hbond substituents is 1. The van der Waals surface area contributed by atoms with Crippen LogP contribution in [0.5, 0.6) is 5.75 Å². The Hall–Kier alpha value is -1.02. The monoisotopic (exact) mass is 137 g/mol. The standard InChI is InChI=1S/C8H9O2/c1-10-6-7-4-2-3-5-8(7)9/h2,4-5,9H,6H2,1H3. The molecule has 53 valence electrons. The second-order valence-electron chi connectivity index (χ2n) is 1.99. The number of rotatable bonds is 2. The molecule has 0 amide bonds. The van der Waals surface area contributed by atoms with Crippen LogP contribution in [0, 0.1) is 6.07 Å². The molecule has 0 saturated carbocycles. The van der Waals surface area contributed by atoms with Gasteiger partial charge >= 0.3 is 0 Å². The fourth-order valence-electron chi connectivity index (χ4n) is 0.731. The fraction of sp³-hybridized carbons (Fsp3) is 0.250. The van der Waals surface area contributed by atoms with Gasteiger partial charge in [-0.3, -0.25) is 0 Å². The largest absolute Gasteiger partial charge is 0.508 e. The van der Waals surface area contributed by atoms with Gasteiger partial charge in [0.1, 0.15) is 5.75 Å². The SMILES string of the molecule is COCc1cc[c]cc1O. The van der Waals surface area contributed by atoms with Crippen molar-refractivity contribution in [1.29, 1.82) is 0 Å². The van der Waals surface area contributed by atoms with Crippen molar-refractivity contribution >= 4 is 0 Å². The van der Waals surface area contributed by atoms with Crippen molar-refractivity contribution in [3.05, 3.63) is 29.8 Å². The number of hydrogen-bond acceptors (Lipinski definition) is 2. The van der Waals surface area contributed by atoms with E-state index in [1.165, 1.54) is 6.07 Å². The Morgan fingerprint density at radius 2 is 2.50 bits per heavy atom. The number of hydrogen-bond donors (Lipinski definition) is 1. The van der Waals surface area contributed by atoms with Crippen LogP contribution in [0.1, 0.15) is 5.56 Å². The normalized spacial score (nSPS) is 9.70. The van der Waals surface area contributed by atoms with Gasteiger partial charge in [0, 0.05) is 12.7 Å². The summed E-state index contributed by atoms with van der Waals surface area (Å²) in [7, 11) is 1.59. The summed E-state index contributed by atoms with van der Waals surface area (Å²) in [6, 6.07) is 7.80. The van der Waals surface area contributed by atoms with E-state index in [1.807, 2.05) is 0 Å². The number of phenols is 1. The first-order valence-electron chi connectivity index (χ1n) is 3.01. The van der Waals surface area contributed by atoms with Gasteiger partial charge in [-0.2, -0.15) is 0 Å². The van der Waals surface area contributed by atoms with Gasteiger partial charge in [-0.15, -0.1) is 0 Å². The highest BCUT2D eigenvalue weighted by atomic mass is 16.5. The van der Waals surface area contributed by atoms with Gasteiger partial charge in [0.25, 0.3) is 0 Å². The predicted octanol–water partition coefficient (Wildman–Crippen LogP) is 1.34. The molecule has 2 nitrogen and oxygen atoms in total. The second-order valence-corrected chi connectivity index (χ2v) is 1.99. The van der Waals surface area contributed by atoms with E-state index in [-0.39, 0.29) is 5.75 Å². The molecule has 0 atom stereocenters. The molecule has 1 N–H and O–H groups in total. The third-order valence-corrected chi connectivity index (χ3v) is 1.23. The van der Waals surface area contributed by atoms with Crippen LogP contribution in [0.2, 0.25) is 0 Å². The van der Waals surface area contributed by atoms with Crippen molar-refractivity contribution < 1.29 is 9.84 Å². The van der Waals surface area contributed by atoms with Gasteiger partial charge in [0.15, 0.2) is 0 Å². The maximum absolute atomic E-state index is 9.13. The van der Waals surface area contributed by atoms with Crippen molar-refractivity contribution in [1.82, 2.24) is 0 Å². The maximum atomic E-state index is 9.13. The summed E-state index contributed by atoms with van der Waals surface area (Å²) in [5, 5.41) is 9.13. The lowest BCUT2D eigenvalue weighted by Gasteiger charge is -2.00. The minimum atomic E-state index is 0.240. The lowest BCUT2D eigenvalue weighted by Crippen LogP contribution is -1.86. The Bertz CT molecular complexity index is 208. The lowest BCUT2D eigenvalue weighted by molar-refractivity contribution is 0.182. The van der Waals surface area contributed by atoms with Crippen molar-refractivity contribution in [3.63, 3.8) is 0 Å². The summed E-state index contributed by atoms with van der Waals surface area (Å²) >= 11 is 0. The topological polar surface area (TPSA) is 29.5 Å². The number of ether oxygens (including phenoxy) is 1. The number of methoxy groups -OCH3 is 1. The summed E-state index contributed by atoms with van der Waals surface area (Å²) < 4.78 is 4.83. The molecule has 2 heteroatoms. The molecule has 0 aliphatic rings. The van der Waals surface area contributed by atoms with Crippen LogP contribution in [0.3, 0.4) is 0 Å². The van der Waals surface area contributed by atoms with Crippen LogP contribution in [-0.2, 0) is 11.3 Å². The maximum Gasteiger partial charge on any atom is 0.121 e. The van der Waals surface area contributed by atoms with Crippen molar-refractivity contribution in [2.45, 2.75) is 6.61 Å². The van der Waals surface area contributed by atoms with Crippen LogP contribution in [0.4, 0.5) is 0 Å².